The molecule has 0 bridgehead atoms. The van der Waals surface area contributed by atoms with E-state index >= 15 is 0 Å². The van der Waals surface area contributed by atoms with Gasteiger partial charge < -0.3 is 9.84 Å². The van der Waals surface area contributed by atoms with E-state index in [0.717, 1.165) is 0 Å². The monoisotopic (exact) mass is 320 g/mol. The summed E-state index contributed by atoms with van der Waals surface area (Å²) in [4.78, 5) is 0. The maximum Gasteiger partial charge on any atom is 0.160 e. The lowest BCUT2D eigenvalue weighted by Crippen LogP contribution is -2.60. The predicted molar refractivity (Wildman–Crippen MR) is 97.4 cm³/mol. The van der Waals surface area contributed by atoms with Gasteiger partial charge in [0.1, 0.15) is 0 Å². The van der Waals surface area contributed by atoms with E-state index in [1.807, 2.05) is 18.2 Å². The smallest absolute Gasteiger partial charge is 0.160 e. The molecule has 0 amide bonds. The molecule has 3 heteroatoms. The highest BCUT2D eigenvalue weighted by Gasteiger charge is 2.33. The third-order valence-electron chi connectivity index (χ3n) is 4.20. The molecule has 3 aromatic carbocycles. The largest absolute Gasteiger partial charge is 0.504 e. The van der Waals surface area contributed by atoms with Gasteiger partial charge in [-0.05, 0) is 12.1 Å². The van der Waals surface area contributed by atoms with Crippen LogP contribution in [-0.4, -0.2) is 19.4 Å². The second-order valence-corrected chi connectivity index (χ2v) is 9.93. The molecule has 116 valence electrons. The molecule has 23 heavy (non-hydrogen) atoms. The third-order valence-corrected chi connectivity index (χ3v) is 8.14. The minimum Gasteiger partial charge on any atom is -0.504 e. The Hall–Kier alpha value is -2.52. The van der Waals surface area contributed by atoms with Gasteiger partial charge in [-0.1, -0.05) is 89.7 Å². The number of phenolic OH excluding ortho intramolecular Hbond substituents is 1. The molecule has 0 spiro atoms. The molecule has 0 aromatic heterocycles. The maximum absolute atomic E-state index is 9.94. The lowest BCUT2D eigenvalue weighted by atomic mass is 10.3. The molecule has 0 aliphatic heterocycles. The summed E-state index contributed by atoms with van der Waals surface area (Å²) in [7, 11) is -2.04. The van der Waals surface area contributed by atoms with E-state index < -0.39 is 8.07 Å². The Morgan fingerprint density at radius 1 is 0.739 bits per heavy atom. The van der Waals surface area contributed by atoms with Crippen LogP contribution in [0.15, 0.2) is 84.9 Å². The van der Waals surface area contributed by atoms with Crippen LogP contribution in [0.5, 0.6) is 11.5 Å². The lowest BCUT2D eigenvalue weighted by molar-refractivity contribution is 0.349. The number of hydrogen-bond donors (Lipinski definition) is 1. The Morgan fingerprint density at radius 2 is 1.22 bits per heavy atom. The summed E-state index contributed by atoms with van der Waals surface area (Å²) < 4.78 is 6.02. The molecular weight excluding hydrogens is 300 g/mol. The van der Waals surface area contributed by atoms with E-state index in [2.05, 4.69) is 55.1 Å². The van der Waals surface area contributed by atoms with E-state index in [1.54, 1.807) is 18.2 Å². The SMILES string of the molecule is C[Si](COc1ccccc1O)(c1ccccc1)c1ccccc1. The Labute approximate surface area is 138 Å². The van der Waals surface area contributed by atoms with Crippen molar-refractivity contribution in [1.82, 2.24) is 0 Å². The second kappa shape index (κ2) is 6.71. The molecule has 0 saturated heterocycles. The number of para-hydroxylation sites is 2. The number of aromatic hydroxyl groups is 1. The average Bonchev–Trinajstić information content (AvgIpc) is 2.62. The van der Waals surface area contributed by atoms with E-state index in [4.69, 9.17) is 4.74 Å². The topological polar surface area (TPSA) is 29.5 Å². The third kappa shape index (κ3) is 3.30. The van der Waals surface area contributed by atoms with Gasteiger partial charge in [0, 0.05) is 0 Å². The number of rotatable bonds is 5. The zero-order valence-electron chi connectivity index (χ0n) is 13.1. The summed E-state index contributed by atoms with van der Waals surface area (Å²) in [5, 5.41) is 12.6. The summed E-state index contributed by atoms with van der Waals surface area (Å²) in [5.41, 5.74) is 0. The fourth-order valence-corrected chi connectivity index (χ4v) is 5.71. The summed E-state index contributed by atoms with van der Waals surface area (Å²) in [6.07, 6.45) is 0.582. The minimum absolute atomic E-state index is 0.185. The highest BCUT2D eigenvalue weighted by molar-refractivity contribution is 7.01. The van der Waals surface area contributed by atoms with Crippen molar-refractivity contribution >= 4 is 18.4 Å². The normalized spacial score (nSPS) is 11.2. The van der Waals surface area contributed by atoms with Crippen LogP contribution < -0.4 is 15.1 Å². The van der Waals surface area contributed by atoms with Crippen molar-refractivity contribution in [2.24, 2.45) is 0 Å². The maximum atomic E-state index is 9.94. The van der Waals surface area contributed by atoms with Crippen LogP contribution in [-0.2, 0) is 0 Å². The Kier molecular flexibility index (Phi) is 4.49. The van der Waals surface area contributed by atoms with Gasteiger partial charge in [-0.15, -0.1) is 0 Å². The summed E-state index contributed by atoms with van der Waals surface area (Å²) >= 11 is 0. The highest BCUT2D eigenvalue weighted by Crippen LogP contribution is 2.25. The van der Waals surface area contributed by atoms with Crippen molar-refractivity contribution in [2.75, 3.05) is 6.23 Å². The molecule has 0 unspecified atom stereocenters. The molecule has 3 rings (SSSR count). The first-order valence-corrected chi connectivity index (χ1v) is 10.4. The van der Waals surface area contributed by atoms with E-state index in [0.29, 0.717) is 12.0 Å². The molecule has 0 aliphatic carbocycles. The summed E-state index contributed by atoms with van der Waals surface area (Å²) in [6.45, 7) is 2.30. The van der Waals surface area contributed by atoms with Crippen LogP contribution in [0.25, 0.3) is 0 Å². The van der Waals surface area contributed by atoms with Crippen LogP contribution in [0.4, 0.5) is 0 Å². The molecule has 1 N–H and O–H groups in total. The van der Waals surface area contributed by atoms with Crippen LogP contribution in [0.3, 0.4) is 0 Å². The lowest BCUT2D eigenvalue weighted by Gasteiger charge is -2.28. The molecule has 0 heterocycles. The highest BCUT2D eigenvalue weighted by atomic mass is 28.3. The van der Waals surface area contributed by atoms with Crippen molar-refractivity contribution in [3.63, 3.8) is 0 Å². The molecule has 0 radical (unpaired) electrons. The number of phenols is 1. The van der Waals surface area contributed by atoms with Gasteiger partial charge >= 0.3 is 0 Å². The van der Waals surface area contributed by atoms with Crippen molar-refractivity contribution in [2.45, 2.75) is 6.55 Å². The van der Waals surface area contributed by atoms with E-state index in [-0.39, 0.29) is 5.75 Å². The van der Waals surface area contributed by atoms with E-state index in [1.165, 1.54) is 10.4 Å². The molecule has 0 fully saturated rings. The second-order valence-electron chi connectivity index (χ2n) is 5.82. The first-order valence-electron chi connectivity index (χ1n) is 7.72. The fraction of sp³-hybridized carbons (Fsp3) is 0.100. The van der Waals surface area contributed by atoms with Gasteiger partial charge in [0.25, 0.3) is 0 Å². The Balaban J connectivity index is 1.95. The minimum atomic E-state index is -2.04. The van der Waals surface area contributed by atoms with Gasteiger partial charge in [0.05, 0.1) is 6.23 Å². The van der Waals surface area contributed by atoms with Crippen LogP contribution in [0, 0.1) is 0 Å². The molecular formula is C20H20O2Si. The molecule has 0 aliphatic rings. The first-order chi connectivity index (χ1) is 11.2. The number of ether oxygens (including phenoxy) is 1. The first kappa shape index (κ1) is 15.4. The standard InChI is InChI=1S/C20H20O2Si/c1-23(17-10-4-2-5-11-17,18-12-6-3-7-13-18)16-22-20-15-9-8-14-19(20)21/h2-15,21H,16H2,1H3. The van der Waals surface area contributed by atoms with Gasteiger partial charge in [-0.25, -0.2) is 0 Å². The zero-order valence-corrected chi connectivity index (χ0v) is 14.1. The Morgan fingerprint density at radius 3 is 1.74 bits per heavy atom. The van der Waals surface area contributed by atoms with Gasteiger partial charge in [0.15, 0.2) is 19.6 Å². The molecule has 2 nitrogen and oxygen atoms in total. The molecule has 0 saturated carbocycles. The summed E-state index contributed by atoms with van der Waals surface area (Å²) in [6, 6.07) is 28.2. The van der Waals surface area contributed by atoms with Crippen LogP contribution in [0.2, 0.25) is 6.55 Å². The van der Waals surface area contributed by atoms with Gasteiger partial charge in [0.2, 0.25) is 0 Å². The van der Waals surface area contributed by atoms with Crippen molar-refractivity contribution in [3.05, 3.63) is 84.9 Å². The molecule has 0 atom stereocenters. The summed E-state index contributed by atoms with van der Waals surface area (Å²) in [5.74, 6) is 0.725. The number of benzene rings is 3. The van der Waals surface area contributed by atoms with Gasteiger partial charge in [-0.3, -0.25) is 0 Å². The van der Waals surface area contributed by atoms with Crippen molar-refractivity contribution in [1.29, 1.82) is 0 Å². The molecule has 3 aromatic rings. The van der Waals surface area contributed by atoms with Gasteiger partial charge in [-0.2, -0.15) is 0 Å². The van der Waals surface area contributed by atoms with E-state index in [9.17, 15) is 5.11 Å². The fourth-order valence-electron chi connectivity index (χ4n) is 2.75. The van der Waals surface area contributed by atoms with Crippen molar-refractivity contribution in [3.8, 4) is 11.5 Å². The predicted octanol–water partition coefficient (Wildman–Crippen LogP) is 3.20. The quantitative estimate of drug-likeness (QED) is 0.732. The van der Waals surface area contributed by atoms with Crippen LogP contribution in [0.1, 0.15) is 0 Å². The Bertz CT molecular complexity index is 717. The zero-order chi connectivity index (χ0) is 16.1. The van der Waals surface area contributed by atoms with Crippen molar-refractivity contribution < 1.29 is 9.84 Å². The average molecular weight is 320 g/mol. The van der Waals surface area contributed by atoms with Crippen LogP contribution >= 0.6 is 0 Å². The number of hydrogen-bond acceptors (Lipinski definition) is 2.